The molecule has 0 saturated heterocycles. The Morgan fingerprint density at radius 3 is 2.60 bits per heavy atom. The molecule has 0 radical (unpaired) electrons. The van der Waals surface area contributed by atoms with Crippen LogP contribution in [-0.2, 0) is 4.74 Å². The van der Waals surface area contributed by atoms with Crippen LogP contribution in [0.5, 0.6) is 17.2 Å². The Bertz CT molecular complexity index is 823. The summed E-state index contributed by atoms with van der Waals surface area (Å²) in [6.07, 6.45) is 0. The number of esters is 1. The summed E-state index contributed by atoms with van der Waals surface area (Å²) >= 11 is 0. The van der Waals surface area contributed by atoms with E-state index in [4.69, 9.17) is 18.9 Å². The molecular weight excluding hydrogens is 326 g/mol. The number of ketones is 1. The number of fused-ring (bicyclic) bond motifs is 1. The highest BCUT2D eigenvalue weighted by Crippen LogP contribution is 2.33. The van der Waals surface area contributed by atoms with Gasteiger partial charge in [0.15, 0.2) is 18.1 Å². The average molecular weight is 345 g/mol. The minimum absolute atomic E-state index is 0.166. The minimum atomic E-state index is -0.474. The van der Waals surface area contributed by atoms with Crippen molar-refractivity contribution in [2.75, 3.05) is 26.9 Å². The van der Waals surface area contributed by atoms with Crippen LogP contribution < -0.4 is 14.2 Å². The van der Waals surface area contributed by atoms with Gasteiger partial charge in [-0.15, -0.1) is 0 Å². The Hall–Kier alpha value is -2.96. The molecule has 7 heteroatoms. The summed E-state index contributed by atoms with van der Waals surface area (Å²) in [6, 6.07) is 5.15. The number of benzene rings is 1. The van der Waals surface area contributed by atoms with Crippen molar-refractivity contribution < 1.29 is 28.5 Å². The second kappa shape index (κ2) is 6.88. The summed E-state index contributed by atoms with van der Waals surface area (Å²) in [7, 11) is 1.31. The molecule has 2 heterocycles. The number of hydrogen-bond donors (Lipinski definition) is 1. The number of Topliss-reactive ketones (excluding diaryl/α,β-unsaturated/α-hetero) is 1. The fourth-order valence-corrected chi connectivity index (χ4v) is 2.77. The van der Waals surface area contributed by atoms with Crippen molar-refractivity contribution in [3.05, 3.63) is 40.7 Å². The molecule has 2 aromatic rings. The van der Waals surface area contributed by atoms with Gasteiger partial charge in [0.1, 0.15) is 19.0 Å². The van der Waals surface area contributed by atoms with E-state index < -0.39 is 5.97 Å². The van der Waals surface area contributed by atoms with Gasteiger partial charge < -0.3 is 23.9 Å². The largest absolute Gasteiger partial charge is 0.486 e. The standard InChI is InChI=1S/C18H19NO6/c1-10-16(18(21)22-3)11(2)19-17(10)13(20)9-25-12-4-5-14-15(8-12)24-7-6-23-14/h4-5,8,19H,6-7,9H2,1-3H3. The van der Waals surface area contributed by atoms with Crippen LogP contribution in [0, 0.1) is 13.8 Å². The first-order chi connectivity index (χ1) is 12.0. The first-order valence-electron chi connectivity index (χ1n) is 7.84. The van der Waals surface area contributed by atoms with E-state index in [0.29, 0.717) is 53.0 Å². The third kappa shape index (κ3) is 3.31. The zero-order chi connectivity index (χ0) is 18.0. The highest BCUT2D eigenvalue weighted by Gasteiger charge is 2.23. The molecule has 0 bridgehead atoms. The Morgan fingerprint density at radius 1 is 1.16 bits per heavy atom. The Kier molecular flexibility index (Phi) is 4.65. The molecule has 1 aromatic heterocycles. The number of aryl methyl sites for hydroxylation is 1. The number of carbonyl (C=O) groups excluding carboxylic acids is 2. The van der Waals surface area contributed by atoms with Gasteiger partial charge in [-0.2, -0.15) is 0 Å². The number of aromatic amines is 1. The molecule has 1 N–H and O–H groups in total. The SMILES string of the molecule is COC(=O)c1c(C)[nH]c(C(=O)COc2ccc3c(c2)OCCO3)c1C. The maximum atomic E-state index is 12.4. The predicted octanol–water partition coefficient (Wildman–Crippen LogP) is 2.45. The van der Waals surface area contributed by atoms with Crippen molar-refractivity contribution in [2.45, 2.75) is 13.8 Å². The lowest BCUT2D eigenvalue weighted by Crippen LogP contribution is -2.16. The lowest BCUT2D eigenvalue weighted by Gasteiger charge is -2.18. The van der Waals surface area contributed by atoms with Crippen molar-refractivity contribution in [3.8, 4) is 17.2 Å². The zero-order valence-electron chi connectivity index (χ0n) is 14.3. The predicted molar refractivity (Wildman–Crippen MR) is 88.9 cm³/mol. The van der Waals surface area contributed by atoms with Crippen LogP contribution >= 0.6 is 0 Å². The molecule has 1 aliphatic heterocycles. The first-order valence-corrected chi connectivity index (χ1v) is 7.84. The van der Waals surface area contributed by atoms with E-state index in [9.17, 15) is 9.59 Å². The highest BCUT2D eigenvalue weighted by atomic mass is 16.6. The van der Waals surface area contributed by atoms with Gasteiger partial charge in [0.25, 0.3) is 0 Å². The van der Waals surface area contributed by atoms with Crippen LogP contribution in [0.2, 0.25) is 0 Å². The molecule has 0 atom stereocenters. The van der Waals surface area contributed by atoms with Crippen molar-refractivity contribution in [1.29, 1.82) is 0 Å². The number of nitrogens with one attached hydrogen (secondary N) is 1. The number of carbonyl (C=O) groups is 2. The van der Waals surface area contributed by atoms with E-state index in [1.165, 1.54) is 7.11 Å². The minimum Gasteiger partial charge on any atom is -0.486 e. The summed E-state index contributed by atoms with van der Waals surface area (Å²) in [5.41, 5.74) is 1.87. The third-order valence-electron chi connectivity index (χ3n) is 3.99. The summed E-state index contributed by atoms with van der Waals surface area (Å²) in [6.45, 7) is 4.25. The van der Waals surface area contributed by atoms with Crippen molar-refractivity contribution in [1.82, 2.24) is 4.98 Å². The van der Waals surface area contributed by atoms with Crippen LogP contribution in [0.15, 0.2) is 18.2 Å². The van der Waals surface area contributed by atoms with Crippen LogP contribution in [0.25, 0.3) is 0 Å². The molecule has 1 aromatic carbocycles. The van der Waals surface area contributed by atoms with Gasteiger partial charge >= 0.3 is 5.97 Å². The van der Waals surface area contributed by atoms with Gasteiger partial charge in [0.05, 0.1) is 18.4 Å². The molecule has 25 heavy (non-hydrogen) atoms. The van der Waals surface area contributed by atoms with Crippen molar-refractivity contribution in [3.63, 3.8) is 0 Å². The maximum absolute atomic E-state index is 12.4. The van der Waals surface area contributed by atoms with Gasteiger partial charge in [-0.1, -0.05) is 0 Å². The van der Waals surface area contributed by atoms with Crippen LogP contribution in [0.3, 0.4) is 0 Å². The van der Waals surface area contributed by atoms with Gasteiger partial charge in [0.2, 0.25) is 5.78 Å². The molecule has 0 saturated carbocycles. The van der Waals surface area contributed by atoms with Crippen molar-refractivity contribution >= 4 is 11.8 Å². The smallest absolute Gasteiger partial charge is 0.339 e. The number of hydrogen-bond acceptors (Lipinski definition) is 6. The second-order valence-corrected chi connectivity index (χ2v) is 5.63. The molecular formula is C18H19NO6. The molecule has 0 unspecified atom stereocenters. The molecule has 1 aliphatic rings. The summed E-state index contributed by atoms with van der Waals surface area (Å²) in [5.74, 6) is 1.02. The van der Waals surface area contributed by atoms with Crippen LogP contribution in [0.1, 0.15) is 32.1 Å². The number of ether oxygens (including phenoxy) is 4. The van der Waals surface area contributed by atoms with E-state index in [2.05, 4.69) is 4.98 Å². The molecule has 7 nitrogen and oxygen atoms in total. The van der Waals surface area contributed by atoms with Crippen molar-refractivity contribution in [2.24, 2.45) is 0 Å². The maximum Gasteiger partial charge on any atom is 0.339 e. The van der Waals surface area contributed by atoms with E-state index in [-0.39, 0.29) is 12.4 Å². The highest BCUT2D eigenvalue weighted by molar-refractivity contribution is 6.02. The topological polar surface area (TPSA) is 86.9 Å². The van der Waals surface area contributed by atoms with E-state index in [1.54, 1.807) is 32.0 Å². The average Bonchev–Trinajstić information content (AvgIpc) is 2.93. The van der Waals surface area contributed by atoms with Gasteiger partial charge in [0, 0.05) is 11.8 Å². The van der Waals surface area contributed by atoms with E-state index in [1.807, 2.05) is 0 Å². The quantitative estimate of drug-likeness (QED) is 0.662. The third-order valence-corrected chi connectivity index (χ3v) is 3.99. The number of aromatic nitrogens is 1. The number of rotatable bonds is 5. The summed E-state index contributed by atoms with van der Waals surface area (Å²) in [5, 5.41) is 0. The monoisotopic (exact) mass is 345 g/mol. The zero-order valence-corrected chi connectivity index (χ0v) is 14.3. The number of methoxy groups -OCH3 is 1. The van der Waals surface area contributed by atoms with Gasteiger partial charge in [-0.05, 0) is 31.5 Å². The molecule has 0 aliphatic carbocycles. The lowest BCUT2D eigenvalue weighted by atomic mass is 10.1. The molecule has 0 fully saturated rings. The Morgan fingerprint density at radius 2 is 1.88 bits per heavy atom. The molecule has 0 spiro atoms. The lowest BCUT2D eigenvalue weighted by molar-refractivity contribution is 0.0599. The van der Waals surface area contributed by atoms with E-state index >= 15 is 0 Å². The Balaban J connectivity index is 1.72. The van der Waals surface area contributed by atoms with Crippen LogP contribution in [-0.4, -0.2) is 43.7 Å². The van der Waals surface area contributed by atoms with Gasteiger partial charge in [-0.3, -0.25) is 4.79 Å². The fraction of sp³-hybridized carbons (Fsp3) is 0.333. The molecule has 0 amide bonds. The Labute approximate surface area is 144 Å². The normalized spacial score (nSPS) is 12.6. The van der Waals surface area contributed by atoms with Gasteiger partial charge in [-0.25, -0.2) is 4.79 Å². The fourth-order valence-electron chi connectivity index (χ4n) is 2.77. The first kappa shape index (κ1) is 16.9. The molecule has 3 rings (SSSR count). The van der Waals surface area contributed by atoms with E-state index in [0.717, 1.165) is 0 Å². The summed E-state index contributed by atoms with van der Waals surface area (Å²) in [4.78, 5) is 27.2. The van der Waals surface area contributed by atoms with Crippen LogP contribution in [0.4, 0.5) is 0 Å². The number of H-pyrrole nitrogens is 1. The second-order valence-electron chi connectivity index (χ2n) is 5.63. The molecule has 132 valence electrons. The summed E-state index contributed by atoms with van der Waals surface area (Å²) < 4.78 is 21.2.